The number of hydrogen-bond donors (Lipinski definition) is 2. The molecule has 1 heterocycles. The maximum Gasteiger partial charge on any atom is 0.270 e. The first-order chi connectivity index (χ1) is 11.2. The lowest BCUT2D eigenvalue weighted by molar-refractivity contribution is 0.0914. The third kappa shape index (κ3) is 4.61. The Morgan fingerprint density at radius 2 is 1.96 bits per heavy atom. The van der Waals surface area contributed by atoms with Crippen molar-refractivity contribution in [3.8, 4) is 5.75 Å². The number of rotatable bonds is 4. The maximum absolute atomic E-state index is 12.2. The second-order valence-corrected chi connectivity index (χ2v) is 6.97. The van der Waals surface area contributed by atoms with E-state index in [0.717, 1.165) is 16.9 Å². The molecular weight excluding hydrogens is 326 g/mol. The predicted octanol–water partition coefficient (Wildman–Crippen LogP) is 4.32. The summed E-state index contributed by atoms with van der Waals surface area (Å²) in [5.41, 5.74) is 2.47. The molecule has 0 unspecified atom stereocenters. The Morgan fingerprint density at radius 3 is 2.58 bits per heavy atom. The van der Waals surface area contributed by atoms with E-state index in [1.54, 1.807) is 31.5 Å². The third-order valence-electron chi connectivity index (χ3n) is 3.24. The van der Waals surface area contributed by atoms with Gasteiger partial charge in [0.1, 0.15) is 11.4 Å². The van der Waals surface area contributed by atoms with Crippen molar-refractivity contribution in [1.82, 2.24) is 10.3 Å². The maximum atomic E-state index is 12.2. The van der Waals surface area contributed by atoms with Gasteiger partial charge in [-0.2, -0.15) is 0 Å². The average Bonchev–Trinajstić information content (AvgIpc) is 2.49. The zero-order chi connectivity index (χ0) is 17.9. The van der Waals surface area contributed by atoms with Crippen LogP contribution in [-0.4, -0.2) is 23.5 Å². The first-order valence-corrected chi connectivity index (χ1v) is 7.97. The van der Waals surface area contributed by atoms with Crippen LogP contribution < -0.4 is 15.4 Å². The Labute approximate surface area is 147 Å². The van der Waals surface area contributed by atoms with Gasteiger partial charge < -0.3 is 15.4 Å². The summed E-state index contributed by atoms with van der Waals surface area (Å²) in [7, 11) is 1.58. The zero-order valence-corrected chi connectivity index (χ0v) is 15.3. The van der Waals surface area contributed by atoms with Crippen molar-refractivity contribution in [2.24, 2.45) is 0 Å². The number of methoxy groups -OCH3 is 1. The summed E-state index contributed by atoms with van der Waals surface area (Å²) in [6.45, 7) is 7.69. The van der Waals surface area contributed by atoms with Crippen molar-refractivity contribution in [2.75, 3.05) is 12.4 Å². The van der Waals surface area contributed by atoms with Crippen LogP contribution >= 0.6 is 11.6 Å². The number of carbonyl (C=O) groups excluding carboxylic acids is 1. The number of benzene rings is 1. The molecule has 2 rings (SSSR count). The average molecular weight is 348 g/mol. The molecule has 128 valence electrons. The van der Waals surface area contributed by atoms with Gasteiger partial charge in [-0.25, -0.2) is 0 Å². The van der Waals surface area contributed by atoms with Crippen LogP contribution in [0.5, 0.6) is 5.75 Å². The molecule has 5 nitrogen and oxygen atoms in total. The summed E-state index contributed by atoms with van der Waals surface area (Å²) >= 11 is 6.13. The van der Waals surface area contributed by atoms with Crippen LogP contribution in [0.3, 0.4) is 0 Å². The van der Waals surface area contributed by atoms with Crippen molar-refractivity contribution >= 4 is 28.9 Å². The number of amides is 1. The van der Waals surface area contributed by atoms with E-state index in [0.29, 0.717) is 16.5 Å². The third-order valence-corrected chi connectivity index (χ3v) is 3.65. The van der Waals surface area contributed by atoms with Gasteiger partial charge in [-0.3, -0.25) is 9.78 Å². The highest BCUT2D eigenvalue weighted by Crippen LogP contribution is 2.33. The van der Waals surface area contributed by atoms with Gasteiger partial charge in [-0.1, -0.05) is 11.6 Å². The van der Waals surface area contributed by atoms with E-state index in [1.807, 2.05) is 33.8 Å². The molecule has 0 radical (unpaired) electrons. The number of aryl methyl sites for hydroxylation is 1. The van der Waals surface area contributed by atoms with Gasteiger partial charge in [0.25, 0.3) is 5.91 Å². The van der Waals surface area contributed by atoms with Gasteiger partial charge in [-0.15, -0.1) is 0 Å². The van der Waals surface area contributed by atoms with Gasteiger partial charge >= 0.3 is 0 Å². The van der Waals surface area contributed by atoms with E-state index in [4.69, 9.17) is 16.3 Å². The van der Waals surface area contributed by atoms with E-state index in [-0.39, 0.29) is 11.4 Å². The van der Waals surface area contributed by atoms with Crippen molar-refractivity contribution in [3.05, 3.63) is 46.7 Å². The van der Waals surface area contributed by atoms with Crippen LogP contribution in [0, 0.1) is 6.92 Å². The Kier molecular flexibility index (Phi) is 5.34. The fraction of sp³-hybridized carbons (Fsp3) is 0.333. The lowest BCUT2D eigenvalue weighted by Crippen LogP contribution is -2.40. The van der Waals surface area contributed by atoms with Gasteiger partial charge in [0, 0.05) is 28.5 Å². The highest BCUT2D eigenvalue weighted by Gasteiger charge is 2.16. The molecule has 0 bridgehead atoms. The van der Waals surface area contributed by atoms with Gasteiger partial charge in [0.05, 0.1) is 12.8 Å². The van der Waals surface area contributed by atoms with E-state index < -0.39 is 0 Å². The number of ether oxygens (including phenoxy) is 1. The normalized spacial score (nSPS) is 11.1. The molecule has 2 N–H and O–H groups in total. The lowest BCUT2D eigenvalue weighted by Gasteiger charge is -2.20. The number of hydrogen-bond acceptors (Lipinski definition) is 4. The van der Waals surface area contributed by atoms with Crippen LogP contribution in [0.25, 0.3) is 0 Å². The van der Waals surface area contributed by atoms with E-state index >= 15 is 0 Å². The summed E-state index contributed by atoms with van der Waals surface area (Å²) in [4.78, 5) is 16.4. The molecule has 1 amide bonds. The molecule has 0 aliphatic carbocycles. The topological polar surface area (TPSA) is 63.2 Å². The first-order valence-electron chi connectivity index (χ1n) is 7.59. The molecule has 1 aromatic carbocycles. The number of pyridine rings is 1. The number of nitrogens with zero attached hydrogens (tertiary/aromatic N) is 1. The minimum atomic E-state index is -0.321. The Balaban J connectivity index is 2.27. The van der Waals surface area contributed by atoms with E-state index in [9.17, 15) is 4.79 Å². The quantitative estimate of drug-likeness (QED) is 0.864. The summed E-state index contributed by atoms with van der Waals surface area (Å²) in [6, 6.07) is 7.14. The molecule has 24 heavy (non-hydrogen) atoms. The highest BCUT2D eigenvalue weighted by atomic mass is 35.5. The van der Waals surface area contributed by atoms with E-state index in [2.05, 4.69) is 15.6 Å². The van der Waals surface area contributed by atoms with Gasteiger partial charge in [0.15, 0.2) is 0 Å². The fourth-order valence-corrected chi connectivity index (χ4v) is 2.28. The minimum absolute atomic E-state index is 0.217. The second-order valence-electron chi connectivity index (χ2n) is 6.56. The first kappa shape index (κ1) is 18.1. The van der Waals surface area contributed by atoms with Crippen LogP contribution in [0.2, 0.25) is 5.02 Å². The number of nitrogens with one attached hydrogen (secondary N) is 2. The summed E-state index contributed by atoms with van der Waals surface area (Å²) in [5, 5.41) is 6.78. The minimum Gasteiger partial charge on any atom is -0.495 e. The number of carbonyl (C=O) groups is 1. The van der Waals surface area contributed by atoms with Gasteiger partial charge in [-0.05, 0) is 51.5 Å². The number of anilines is 2. The second kappa shape index (κ2) is 7.09. The van der Waals surface area contributed by atoms with Crippen molar-refractivity contribution in [1.29, 1.82) is 0 Å². The van der Waals surface area contributed by atoms with Crippen molar-refractivity contribution in [2.45, 2.75) is 33.2 Å². The molecule has 0 spiro atoms. The van der Waals surface area contributed by atoms with Gasteiger partial charge in [0.2, 0.25) is 0 Å². The Bertz CT molecular complexity index is 754. The summed E-state index contributed by atoms with van der Waals surface area (Å²) < 4.78 is 5.36. The highest BCUT2D eigenvalue weighted by molar-refractivity contribution is 6.31. The summed E-state index contributed by atoms with van der Waals surface area (Å²) in [5.74, 6) is 0.411. The van der Waals surface area contributed by atoms with E-state index in [1.165, 1.54) is 0 Å². The lowest BCUT2D eigenvalue weighted by atomic mass is 10.1. The predicted molar refractivity (Wildman–Crippen MR) is 97.5 cm³/mol. The molecule has 2 aromatic rings. The van der Waals surface area contributed by atoms with Crippen LogP contribution in [0.4, 0.5) is 11.4 Å². The van der Waals surface area contributed by atoms with Crippen LogP contribution in [0.15, 0.2) is 30.5 Å². The molecule has 0 fully saturated rings. The van der Waals surface area contributed by atoms with Crippen molar-refractivity contribution < 1.29 is 9.53 Å². The fourth-order valence-electron chi connectivity index (χ4n) is 2.12. The molecule has 0 aliphatic rings. The number of halogens is 1. The SMILES string of the molecule is COc1cc(Cl)c(C)cc1Nc1ccnc(C(=O)NC(C)(C)C)c1. The smallest absolute Gasteiger partial charge is 0.270 e. The monoisotopic (exact) mass is 347 g/mol. The Morgan fingerprint density at radius 1 is 1.25 bits per heavy atom. The van der Waals surface area contributed by atoms with Crippen LogP contribution in [0.1, 0.15) is 36.8 Å². The molecule has 0 aliphatic heterocycles. The molecule has 0 atom stereocenters. The van der Waals surface area contributed by atoms with Crippen LogP contribution in [-0.2, 0) is 0 Å². The molecule has 0 saturated heterocycles. The summed E-state index contributed by atoms with van der Waals surface area (Å²) in [6.07, 6.45) is 1.59. The van der Waals surface area contributed by atoms with Crippen molar-refractivity contribution in [3.63, 3.8) is 0 Å². The number of aromatic nitrogens is 1. The zero-order valence-electron chi connectivity index (χ0n) is 14.5. The molecule has 1 aromatic heterocycles. The molecular formula is C18H22ClN3O2. The molecule has 0 saturated carbocycles. The Hall–Kier alpha value is -2.27. The standard InChI is InChI=1S/C18H22ClN3O2/c1-11-8-14(16(24-5)10-13(11)19)21-12-6-7-20-15(9-12)17(23)22-18(2,3)4/h6-10H,1-5H3,(H,20,21)(H,22,23). The molecule has 6 heteroatoms. The largest absolute Gasteiger partial charge is 0.495 e.